The van der Waals surface area contributed by atoms with Crippen molar-refractivity contribution in [2.75, 3.05) is 5.32 Å². The molecule has 33 heavy (non-hydrogen) atoms. The van der Waals surface area contributed by atoms with Gasteiger partial charge in [-0.3, -0.25) is 9.98 Å². The van der Waals surface area contributed by atoms with Crippen LogP contribution >= 0.6 is 0 Å². The number of para-hydroxylation sites is 2. The highest BCUT2D eigenvalue weighted by molar-refractivity contribution is 5.84. The van der Waals surface area contributed by atoms with Crippen LogP contribution in [0.4, 0.5) is 11.4 Å². The van der Waals surface area contributed by atoms with Crippen LogP contribution in [0.15, 0.2) is 84.0 Å². The van der Waals surface area contributed by atoms with Gasteiger partial charge in [0, 0.05) is 17.4 Å². The van der Waals surface area contributed by atoms with Crippen LogP contribution in [0.5, 0.6) is 0 Å². The zero-order chi connectivity index (χ0) is 22.9. The minimum atomic E-state index is 0.153. The van der Waals surface area contributed by atoms with E-state index in [0.29, 0.717) is 0 Å². The third-order valence-corrected chi connectivity index (χ3v) is 5.58. The maximum absolute atomic E-state index is 5.00. The Bertz CT molecular complexity index is 1460. The van der Waals surface area contributed by atoms with Crippen molar-refractivity contribution in [3.05, 3.63) is 95.6 Å². The first kappa shape index (κ1) is 20.9. The molecule has 1 aromatic heterocycles. The van der Waals surface area contributed by atoms with Crippen molar-refractivity contribution in [3.8, 4) is 17.1 Å². The van der Waals surface area contributed by atoms with Crippen LogP contribution in [0.2, 0.25) is 0 Å². The van der Waals surface area contributed by atoms with Crippen LogP contribution in [0.3, 0.4) is 0 Å². The topological polar surface area (TPSA) is 55.1 Å². The molecule has 0 saturated heterocycles. The second kappa shape index (κ2) is 8.51. The second-order valence-electron chi connectivity index (χ2n) is 8.67. The number of anilines is 2. The Kier molecular flexibility index (Phi) is 5.38. The van der Waals surface area contributed by atoms with E-state index in [1.807, 2.05) is 31.3 Å². The fraction of sp³-hybridized carbons (Fsp3) is 0.179. The molecule has 0 amide bonds. The first-order chi connectivity index (χ1) is 16.0. The van der Waals surface area contributed by atoms with Crippen LogP contribution in [0, 0.1) is 13.8 Å². The second-order valence-corrected chi connectivity index (χ2v) is 8.67. The number of benzene rings is 3. The lowest BCUT2D eigenvalue weighted by molar-refractivity contribution is 0.806. The van der Waals surface area contributed by atoms with Crippen molar-refractivity contribution in [3.63, 3.8) is 0 Å². The molecule has 0 saturated carbocycles. The van der Waals surface area contributed by atoms with E-state index < -0.39 is 0 Å². The fourth-order valence-corrected chi connectivity index (χ4v) is 4.00. The summed E-state index contributed by atoms with van der Waals surface area (Å²) in [6.07, 6.45) is 1.85. The summed E-state index contributed by atoms with van der Waals surface area (Å²) in [5, 5.41) is 4.41. The van der Waals surface area contributed by atoms with Crippen molar-refractivity contribution >= 4 is 22.4 Å². The molecule has 0 atom stereocenters. The largest absolute Gasteiger partial charge is 0.352 e. The highest BCUT2D eigenvalue weighted by Gasteiger charge is 2.16. The number of fused-ring (bicyclic) bond motifs is 2. The molecule has 5 nitrogen and oxygen atoms in total. The van der Waals surface area contributed by atoms with E-state index in [4.69, 9.17) is 9.98 Å². The number of nitrogens with one attached hydrogen (secondary N) is 1. The third-order valence-electron chi connectivity index (χ3n) is 5.58. The van der Waals surface area contributed by atoms with Gasteiger partial charge in [-0.2, -0.15) is 0 Å². The Morgan fingerprint density at radius 3 is 2.42 bits per heavy atom. The molecule has 2 aromatic carbocycles. The van der Waals surface area contributed by atoms with E-state index >= 15 is 0 Å². The van der Waals surface area contributed by atoms with Gasteiger partial charge in [0.05, 0.1) is 45.4 Å². The lowest BCUT2D eigenvalue weighted by Gasteiger charge is -2.20. The summed E-state index contributed by atoms with van der Waals surface area (Å²) >= 11 is 0. The van der Waals surface area contributed by atoms with E-state index in [1.165, 1.54) is 5.56 Å². The molecule has 3 aromatic rings. The van der Waals surface area contributed by atoms with E-state index in [9.17, 15) is 0 Å². The molecule has 0 radical (unpaired) electrons. The molecule has 164 valence electrons. The zero-order valence-corrected chi connectivity index (χ0v) is 19.4. The van der Waals surface area contributed by atoms with E-state index in [-0.39, 0.29) is 6.04 Å². The normalized spacial score (nSPS) is 12.1. The molecule has 0 fully saturated rings. The number of aryl methyl sites for hydroxylation is 2. The minimum Gasteiger partial charge on any atom is -0.352 e. The maximum Gasteiger partial charge on any atom is 0.0900 e. The zero-order valence-electron chi connectivity index (χ0n) is 19.4. The van der Waals surface area contributed by atoms with Crippen molar-refractivity contribution in [1.82, 2.24) is 14.5 Å². The van der Waals surface area contributed by atoms with Gasteiger partial charge in [0.25, 0.3) is 0 Å². The average Bonchev–Trinajstić information content (AvgIpc) is 2.80. The van der Waals surface area contributed by atoms with Crippen LogP contribution in [-0.4, -0.2) is 20.6 Å². The first-order valence-corrected chi connectivity index (χ1v) is 11.2. The van der Waals surface area contributed by atoms with Gasteiger partial charge >= 0.3 is 0 Å². The van der Waals surface area contributed by atoms with Crippen LogP contribution in [0.1, 0.15) is 25.1 Å². The summed E-state index contributed by atoms with van der Waals surface area (Å²) in [6, 6.07) is 25.3. The Morgan fingerprint density at radius 1 is 0.909 bits per heavy atom. The van der Waals surface area contributed by atoms with Crippen molar-refractivity contribution < 1.29 is 0 Å². The van der Waals surface area contributed by atoms with Gasteiger partial charge in [-0.15, -0.1) is 0 Å². The fourth-order valence-electron chi connectivity index (χ4n) is 4.00. The van der Waals surface area contributed by atoms with Gasteiger partial charge in [0.15, 0.2) is 0 Å². The first-order valence-electron chi connectivity index (χ1n) is 11.2. The molecule has 2 aliphatic rings. The molecule has 5 rings (SSSR count). The summed E-state index contributed by atoms with van der Waals surface area (Å²) in [5.41, 5.74) is 9.09. The van der Waals surface area contributed by atoms with Gasteiger partial charge < -0.3 is 9.88 Å². The Morgan fingerprint density at radius 2 is 1.70 bits per heavy atom. The van der Waals surface area contributed by atoms with Crippen LogP contribution in [-0.2, 0) is 0 Å². The molecule has 1 aliphatic heterocycles. The van der Waals surface area contributed by atoms with Gasteiger partial charge in [-0.05, 0) is 76.2 Å². The molecule has 5 heteroatoms. The summed E-state index contributed by atoms with van der Waals surface area (Å²) in [7, 11) is 0. The molecule has 1 aliphatic carbocycles. The van der Waals surface area contributed by atoms with E-state index in [1.54, 1.807) is 0 Å². The highest BCUT2D eigenvalue weighted by atomic mass is 15.0. The highest BCUT2D eigenvalue weighted by Crippen LogP contribution is 2.30. The van der Waals surface area contributed by atoms with Gasteiger partial charge in [-0.25, -0.2) is 4.98 Å². The predicted molar refractivity (Wildman–Crippen MR) is 135 cm³/mol. The quantitative estimate of drug-likeness (QED) is 0.344. The van der Waals surface area contributed by atoms with E-state index in [0.717, 1.165) is 50.5 Å². The number of hydrogen-bond donors (Lipinski definition) is 1. The molecular formula is C28H27N5. The molecule has 2 heterocycles. The van der Waals surface area contributed by atoms with Crippen molar-refractivity contribution in [1.29, 1.82) is 0 Å². The minimum absolute atomic E-state index is 0.153. The van der Waals surface area contributed by atoms with Gasteiger partial charge in [0.2, 0.25) is 0 Å². The molecule has 0 unspecified atom stereocenters. The summed E-state index contributed by atoms with van der Waals surface area (Å²) in [4.78, 5) is 14.3. The van der Waals surface area contributed by atoms with Crippen molar-refractivity contribution in [2.24, 2.45) is 4.99 Å². The van der Waals surface area contributed by atoms with Gasteiger partial charge in [0.1, 0.15) is 0 Å². The summed E-state index contributed by atoms with van der Waals surface area (Å²) in [6.45, 7) is 8.27. The Hall–Kier alpha value is -3.99. The standard InChI is InChI=1S/C28H27N5/c1-18(2)30-25-16-28-26(15-24(25)31-21-12-11-20(4)29-17-21)32-23-7-5-6-8-27(23)33(28)22-13-9-19(3)10-14-22/h5-18,31H,1-4H3. The predicted octanol–water partition coefficient (Wildman–Crippen LogP) is 6.19. The summed E-state index contributed by atoms with van der Waals surface area (Å²) in [5.74, 6) is 0. The monoisotopic (exact) mass is 433 g/mol. The summed E-state index contributed by atoms with van der Waals surface area (Å²) < 4.78 is 2.27. The number of hydrogen-bond acceptors (Lipinski definition) is 4. The Labute approximate surface area is 193 Å². The SMILES string of the molecule is Cc1ccc(-n2c3cc(=NC(C)C)c(Nc4ccc(C)nc4)cc-3nc3ccccc32)cc1. The number of aromatic nitrogens is 3. The maximum atomic E-state index is 5.00. The van der Waals surface area contributed by atoms with Crippen LogP contribution in [0.25, 0.3) is 28.1 Å². The third kappa shape index (κ3) is 4.22. The molecule has 1 N–H and O–H groups in total. The van der Waals surface area contributed by atoms with Gasteiger partial charge in [-0.1, -0.05) is 29.8 Å². The molecule has 0 bridgehead atoms. The van der Waals surface area contributed by atoms with Crippen molar-refractivity contribution in [2.45, 2.75) is 33.7 Å². The number of nitrogens with zero attached hydrogens (tertiary/aromatic N) is 4. The lowest BCUT2D eigenvalue weighted by Crippen LogP contribution is -2.16. The molecule has 0 spiro atoms. The Balaban J connectivity index is 1.80. The lowest BCUT2D eigenvalue weighted by atomic mass is 10.1. The number of pyridine rings is 1. The average molecular weight is 434 g/mol. The smallest absolute Gasteiger partial charge is 0.0900 e. The number of rotatable bonds is 4. The van der Waals surface area contributed by atoms with Crippen LogP contribution < -0.4 is 10.7 Å². The van der Waals surface area contributed by atoms with E-state index in [2.05, 4.69) is 90.2 Å². The molecular weight excluding hydrogens is 406 g/mol.